The first kappa shape index (κ1) is 24.5. The third-order valence-electron chi connectivity index (χ3n) is 6.43. The Bertz CT molecular complexity index is 1020. The molecule has 2 aromatic rings. The number of benzene rings is 1. The molecule has 0 saturated heterocycles. The minimum absolute atomic E-state index is 0.159. The van der Waals surface area contributed by atoms with E-state index in [1.54, 1.807) is 11.7 Å². The number of carboxylic acids is 1. The standard InChI is InChI=1S/C25H34N4O4/c1-15(2)20-14-21(29(5)28-20)23(31)26-19-12-10-17(11-13-19)16-6-8-18(9-7-16)22(30)27-25(3,4)24(32)33/h10-16,18H,6-9H2,1-5H3,(H,26,31)(H,27,30)(H,32,33). The van der Waals surface area contributed by atoms with Crippen molar-refractivity contribution in [2.45, 2.75) is 70.8 Å². The minimum atomic E-state index is -1.26. The van der Waals surface area contributed by atoms with Crippen LogP contribution >= 0.6 is 0 Å². The number of carboxylic acid groups (broad SMARTS) is 1. The van der Waals surface area contributed by atoms with Gasteiger partial charge in [0.25, 0.3) is 5.91 Å². The maximum absolute atomic E-state index is 12.7. The van der Waals surface area contributed by atoms with Crippen molar-refractivity contribution in [1.82, 2.24) is 15.1 Å². The molecule has 0 spiro atoms. The molecule has 8 nitrogen and oxygen atoms in total. The summed E-state index contributed by atoms with van der Waals surface area (Å²) in [5.41, 5.74) is 2.04. The molecule has 1 aromatic carbocycles. The second-order valence-corrected chi connectivity index (χ2v) is 9.78. The fourth-order valence-corrected chi connectivity index (χ4v) is 4.17. The van der Waals surface area contributed by atoms with Gasteiger partial charge in [-0.2, -0.15) is 5.10 Å². The van der Waals surface area contributed by atoms with Crippen molar-refractivity contribution in [3.8, 4) is 0 Å². The molecule has 2 amide bonds. The number of aliphatic carboxylic acids is 1. The lowest BCUT2D eigenvalue weighted by atomic mass is 9.78. The summed E-state index contributed by atoms with van der Waals surface area (Å²) in [6.45, 7) is 7.08. The summed E-state index contributed by atoms with van der Waals surface area (Å²) < 4.78 is 1.60. The minimum Gasteiger partial charge on any atom is -0.480 e. The Hall–Kier alpha value is -3.16. The van der Waals surface area contributed by atoms with Crippen molar-refractivity contribution in [2.24, 2.45) is 13.0 Å². The lowest BCUT2D eigenvalue weighted by molar-refractivity contribution is -0.146. The van der Waals surface area contributed by atoms with Crippen LogP contribution in [0.25, 0.3) is 0 Å². The monoisotopic (exact) mass is 454 g/mol. The van der Waals surface area contributed by atoms with Crippen LogP contribution in [0.2, 0.25) is 0 Å². The second-order valence-electron chi connectivity index (χ2n) is 9.78. The number of carbonyl (C=O) groups excluding carboxylic acids is 2. The van der Waals surface area contributed by atoms with E-state index in [1.807, 2.05) is 44.2 Å². The highest BCUT2D eigenvalue weighted by Crippen LogP contribution is 2.36. The summed E-state index contributed by atoms with van der Waals surface area (Å²) in [6.07, 6.45) is 3.18. The first-order valence-corrected chi connectivity index (χ1v) is 11.5. The number of hydrogen-bond donors (Lipinski definition) is 3. The maximum Gasteiger partial charge on any atom is 0.328 e. The second kappa shape index (κ2) is 9.77. The average Bonchev–Trinajstić information content (AvgIpc) is 3.16. The molecule has 0 atom stereocenters. The summed E-state index contributed by atoms with van der Waals surface area (Å²) in [5.74, 6) is -0.984. The van der Waals surface area contributed by atoms with Crippen LogP contribution in [-0.4, -0.2) is 38.2 Å². The summed E-state index contributed by atoms with van der Waals surface area (Å²) in [6, 6.07) is 9.68. The molecule has 0 bridgehead atoms. The van der Waals surface area contributed by atoms with Crippen LogP contribution in [0.5, 0.6) is 0 Å². The van der Waals surface area contributed by atoms with E-state index < -0.39 is 11.5 Å². The summed E-state index contributed by atoms with van der Waals surface area (Å²) in [7, 11) is 1.77. The number of nitrogens with one attached hydrogen (secondary N) is 2. The van der Waals surface area contributed by atoms with Crippen LogP contribution in [0.4, 0.5) is 5.69 Å². The van der Waals surface area contributed by atoms with Crippen LogP contribution in [0, 0.1) is 5.92 Å². The predicted octanol–water partition coefficient (Wildman–Crippen LogP) is 4.05. The number of aryl methyl sites for hydroxylation is 1. The van der Waals surface area contributed by atoms with Gasteiger partial charge in [-0.1, -0.05) is 26.0 Å². The SMILES string of the molecule is CC(C)c1cc(C(=O)Nc2ccc(C3CCC(C(=O)NC(C)(C)C(=O)O)CC3)cc2)n(C)n1. The van der Waals surface area contributed by atoms with Gasteiger partial charge < -0.3 is 15.7 Å². The number of aromatic nitrogens is 2. The van der Waals surface area contributed by atoms with E-state index in [4.69, 9.17) is 0 Å². The van der Waals surface area contributed by atoms with Gasteiger partial charge in [0.15, 0.2) is 0 Å². The van der Waals surface area contributed by atoms with Crippen molar-refractivity contribution in [1.29, 1.82) is 0 Å². The van der Waals surface area contributed by atoms with Crippen LogP contribution in [-0.2, 0) is 16.6 Å². The number of nitrogens with zero attached hydrogens (tertiary/aromatic N) is 2. The topological polar surface area (TPSA) is 113 Å². The smallest absolute Gasteiger partial charge is 0.328 e. The first-order valence-electron chi connectivity index (χ1n) is 11.5. The van der Waals surface area contributed by atoms with Gasteiger partial charge in [0.05, 0.1) is 5.69 Å². The fraction of sp³-hybridized carbons (Fsp3) is 0.520. The summed E-state index contributed by atoms with van der Waals surface area (Å²) >= 11 is 0. The van der Waals surface area contributed by atoms with Gasteiger partial charge in [0.2, 0.25) is 5.91 Å². The number of carbonyl (C=O) groups is 3. The Balaban J connectivity index is 1.55. The molecular weight excluding hydrogens is 420 g/mol. The van der Waals surface area contributed by atoms with E-state index in [-0.39, 0.29) is 23.7 Å². The average molecular weight is 455 g/mol. The molecule has 0 radical (unpaired) electrons. The van der Waals surface area contributed by atoms with E-state index in [0.29, 0.717) is 11.6 Å². The lowest BCUT2D eigenvalue weighted by Gasteiger charge is -2.30. The highest BCUT2D eigenvalue weighted by atomic mass is 16.4. The van der Waals surface area contributed by atoms with E-state index in [1.165, 1.54) is 19.4 Å². The van der Waals surface area contributed by atoms with Gasteiger partial charge >= 0.3 is 5.97 Å². The van der Waals surface area contributed by atoms with Gasteiger partial charge in [-0.3, -0.25) is 14.3 Å². The maximum atomic E-state index is 12.7. The summed E-state index contributed by atoms with van der Waals surface area (Å²) in [5, 5.41) is 19.2. The Kier molecular flexibility index (Phi) is 7.25. The molecule has 3 rings (SSSR count). The Labute approximate surface area is 194 Å². The highest BCUT2D eigenvalue weighted by molar-refractivity contribution is 6.03. The normalized spacial score (nSPS) is 18.7. The van der Waals surface area contributed by atoms with Crippen molar-refractivity contribution in [2.75, 3.05) is 5.32 Å². The molecule has 1 fully saturated rings. The molecule has 1 aromatic heterocycles. The molecule has 8 heteroatoms. The quantitative estimate of drug-likeness (QED) is 0.584. The van der Waals surface area contributed by atoms with Gasteiger partial charge in [-0.05, 0) is 75.1 Å². The zero-order valence-corrected chi connectivity index (χ0v) is 20.0. The summed E-state index contributed by atoms with van der Waals surface area (Å²) in [4.78, 5) is 36.4. The Morgan fingerprint density at radius 3 is 2.21 bits per heavy atom. The van der Waals surface area contributed by atoms with E-state index in [2.05, 4.69) is 15.7 Å². The molecule has 0 aliphatic heterocycles. The lowest BCUT2D eigenvalue weighted by Crippen LogP contribution is -2.51. The first-order chi connectivity index (χ1) is 15.5. The van der Waals surface area contributed by atoms with Gasteiger partial charge in [-0.15, -0.1) is 0 Å². The van der Waals surface area contributed by atoms with Gasteiger partial charge in [-0.25, -0.2) is 4.79 Å². The van der Waals surface area contributed by atoms with Crippen molar-refractivity contribution in [3.63, 3.8) is 0 Å². The molecule has 33 heavy (non-hydrogen) atoms. The van der Waals surface area contributed by atoms with Gasteiger partial charge in [0.1, 0.15) is 11.2 Å². The van der Waals surface area contributed by atoms with Crippen LogP contribution < -0.4 is 10.6 Å². The molecule has 1 aliphatic carbocycles. The van der Waals surface area contributed by atoms with Crippen molar-refractivity contribution >= 4 is 23.5 Å². The molecule has 1 heterocycles. The molecule has 1 aliphatic rings. The Morgan fingerprint density at radius 2 is 1.70 bits per heavy atom. The van der Waals surface area contributed by atoms with Gasteiger partial charge in [0, 0.05) is 18.7 Å². The largest absolute Gasteiger partial charge is 0.480 e. The van der Waals surface area contributed by atoms with E-state index in [0.717, 1.165) is 37.1 Å². The molecule has 0 unspecified atom stereocenters. The molecule has 178 valence electrons. The Morgan fingerprint density at radius 1 is 1.09 bits per heavy atom. The number of amides is 2. The van der Waals surface area contributed by atoms with Crippen LogP contribution in [0.3, 0.4) is 0 Å². The number of rotatable bonds is 7. The zero-order valence-electron chi connectivity index (χ0n) is 20.0. The third-order valence-corrected chi connectivity index (χ3v) is 6.43. The van der Waals surface area contributed by atoms with E-state index in [9.17, 15) is 19.5 Å². The molecule has 1 saturated carbocycles. The third kappa shape index (κ3) is 5.80. The van der Waals surface area contributed by atoms with Crippen molar-refractivity contribution in [3.05, 3.63) is 47.3 Å². The van der Waals surface area contributed by atoms with E-state index >= 15 is 0 Å². The number of hydrogen-bond acceptors (Lipinski definition) is 4. The van der Waals surface area contributed by atoms with Crippen LogP contribution in [0.1, 0.15) is 87.0 Å². The predicted molar refractivity (Wildman–Crippen MR) is 126 cm³/mol. The number of anilines is 1. The molecular formula is C25H34N4O4. The van der Waals surface area contributed by atoms with Crippen LogP contribution in [0.15, 0.2) is 30.3 Å². The zero-order chi connectivity index (χ0) is 24.3. The van der Waals surface area contributed by atoms with Crippen molar-refractivity contribution < 1.29 is 19.5 Å². The fourth-order valence-electron chi connectivity index (χ4n) is 4.17. The molecule has 3 N–H and O–H groups in total. The highest BCUT2D eigenvalue weighted by Gasteiger charge is 2.33.